The zero-order valence-electron chi connectivity index (χ0n) is 17.8. The molecule has 4 aromatic rings. The molecule has 7 nitrogen and oxygen atoms in total. The monoisotopic (exact) mass is 472 g/mol. The Kier molecular flexibility index (Phi) is 6.70. The highest BCUT2D eigenvalue weighted by Gasteiger charge is 2.17. The van der Waals surface area contributed by atoms with E-state index in [1.807, 2.05) is 12.1 Å². The number of ether oxygens (including phenoxy) is 1. The number of rotatable bonds is 7. The van der Waals surface area contributed by atoms with Gasteiger partial charge >= 0.3 is 5.97 Å². The van der Waals surface area contributed by atoms with Crippen molar-refractivity contribution in [3.05, 3.63) is 120 Å². The number of amides is 1. The van der Waals surface area contributed by atoms with Crippen molar-refractivity contribution >= 4 is 33.3 Å². The fourth-order valence-electron chi connectivity index (χ4n) is 3.07. The number of carbonyl (C=O) groups excluding carboxylic acids is 2. The van der Waals surface area contributed by atoms with E-state index in [2.05, 4.69) is 10.0 Å². The largest absolute Gasteiger partial charge is 0.423 e. The van der Waals surface area contributed by atoms with Crippen LogP contribution in [0.5, 0.6) is 5.75 Å². The average Bonchev–Trinajstić information content (AvgIpc) is 2.85. The summed E-state index contributed by atoms with van der Waals surface area (Å²) in [6, 6.07) is 29.1. The van der Waals surface area contributed by atoms with Crippen molar-refractivity contribution in [2.75, 3.05) is 10.0 Å². The number of sulfonamides is 1. The van der Waals surface area contributed by atoms with Crippen molar-refractivity contribution in [3.63, 3.8) is 0 Å². The van der Waals surface area contributed by atoms with E-state index in [4.69, 9.17) is 4.74 Å². The number of hydrogen-bond donors (Lipinski definition) is 2. The van der Waals surface area contributed by atoms with Gasteiger partial charge in [0.1, 0.15) is 5.75 Å². The SMILES string of the molecule is O=C(Nc1ccccc1)c1cccc(S(=O)(=O)Nc2ccc(C(=O)Oc3ccccc3)cc2)c1. The van der Waals surface area contributed by atoms with Crippen molar-refractivity contribution in [3.8, 4) is 5.75 Å². The Hall–Kier alpha value is -4.43. The maximum absolute atomic E-state index is 12.9. The molecule has 8 heteroatoms. The van der Waals surface area contributed by atoms with Crippen LogP contribution in [0.1, 0.15) is 20.7 Å². The zero-order valence-corrected chi connectivity index (χ0v) is 18.7. The van der Waals surface area contributed by atoms with Gasteiger partial charge in [0, 0.05) is 16.9 Å². The number of esters is 1. The van der Waals surface area contributed by atoms with E-state index in [1.54, 1.807) is 48.5 Å². The molecular weight excluding hydrogens is 452 g/mol. The van der Waals surface area contributed by atoms with Crippen molar-refractivity contribution in [2.45, 2.75) is 4.90 Å². The van der Waals surface area contributed by atoms with E-state index >= 15 is 0 Å². The Morgan fingerprint density at radius 2 is 1.29 bits per heavy atom. The van der Waals surface area contributed by atoms with E-state index in [-0.39, 0.29) is 21.7 Å². The molecule has 0 bridgehead atoms. The Labute approximate surface area is 197 Å². The Morgan fingerprint density at radius 3 is 1.97 bits per heavy atom. The Bertz CT molecular complexity index is 1400. The summed E-state index contributed by atoms with van der Waals surface area (Å²) >= 11 is 0. The third kappa shape index (κ3) is 5.67. The van der Waals surface area contributed by atoms with Gasteiger partial charge in [0.2, 0.25) is 0 Å². The maximum Gasteiger partial charge on any atom is 0.343 e. The van der Waals surface area contributed by atoms with Gasteiger partial charge in [0.15, 0.2) is 0 Å². The molecule has 0 fully saturated rings. The minimum Gasteiger partial charge on any atom is -0.423 e. The van der Waals surface area contributed by atoms with E-state index in [9.17, 15) is 18.0 Å². The molecule has 0 spiro atoms. The molecule has 0 heterocycles. The summed E-state index contributed by atoms with van der Waals surface area (Å²) in [5, 5.41) is 2.72. The lowest BCUT2D eigenvalue weighted by molar-refractivity contribution is 0.0734. The van der Waals surface area contributed by atoms with E-state index in [1.165, 1.54) is 48.5 Å². The summed E-state index contributed by atoms with van der Waals surface area (Å²) in [5.74, 6) is -0.573. The quantitative estimate of drug-likeness (QED) is 0.292. The fraction of sp³-hybridized carbons (Fsp3) is 0. The molecule has 0 aliphatic heterocycles. The van der Waals surface area contributed by atoms with E-state index in [0.29, 0.717) is 11.4 Å². The van der Waals surface area contributed by atoms with Gasteiger partial charge in [-0.2, -0.15) is 0 Å². The number of hydrogen-bond acceptors (Lipinski definition) is 5. The summed E-state index contributed by atoms with van der Waals surface area (Å²) in [6.07, 6.45) is 0. The van der Waals surface area contributed by atoms with Crippen molar-refractivity contribution in [1.82, 2.24) is 0 Å². The minimum atomic E-state index is -3.97. The van der Waals surface area contributed by atoms with Gasteiger partial charge in [-0.1, -0.05) is 42.5 Å². The topological polar surface area (TPSA) is 102 Å². The molecule has 0 aliphatic carbocycles. The molecule has 1 amide bonds. The van der Waals surface area contributed by atoms with Crippen LogP contribution in [-0.2, 0) is 10.0 Å². The van der Waals surface area contributed by atoms with Gasteiger partial charge in [-0.3, -0.25) is 9.52 Å². The molecule has 0 radical (unpaired) electrons. The molecule has 34 heavy (non-hydrogen) atoms. The molecule has 0 aromatic heterocycles. The van der Waals surface area contributed by atoms with Gasteiger partial charge in [-0.05, 0) is 66.7 Å². The first-order valence-corrected chi connectivity index (χ1v) is 11.8. The van der Waals surface area contributed by atoms with Crippen LogP contribution >= 0.6 is 0 Å². The molecule has 4 aromatic carbocycles. The normalized spacial score (nSPS) is 10.8. The van der Waals surface area contributed by atoms with E-state index in [0.717, 1.165) is 0 Å². The first-order chi connectivity index (χ1) is 16.4. The zero-order chi connectivity index (χ0) is 24.0. The third-order valence-corrected chi connectivity index (χ3v) is 6.14. The van der Waals surface area contributed by atoms with Gasteiger partial charge in [-0.15, -0.1) is 0 Å². The molecule has 4 rings (SSSR count). The second kappa shape index (κ2) is 10.0. The summed E-state index contributed by atoms with van der Waals surface area (Å²) in [4.78, 5) is 24.7. The molecule has 2 N–H and O–H groups in total. The van der Waals surface area contributed by atoms with Crippen LogP contribution in [0.3, 0.4) is 0 Å². The Balaban J connectivity index is 1.45. The maximum atomic E-state index is 12.9. The van der Waals surface area contributed by atoms with Crippen molar-refractivity contribution in [2.24, 2.45) is 0 Å². The lowest BCUT2D eigenvalue weighted by Crippen LogP contribution is -2.16. The number of carbonyl (C=O) groups is 2. The molecule has 0 saturated carbocycles. The second-order valence-electron chi connectivity index (χ2n) is 7.23. The molecule has 0 aliphatic rings. The number of anilines is 2. The van der Waals surface area contributed by atoms with Crippen LogP contribution in [-0.4, -0.2) is 20.3 Å². The highest BCUT2D eigenvalue weighted by Crippen LogP contribution is 2.20. The third-order valence-electron chi connectivity index (χ3n) is 4.76. The van der Waals surface area contributed by atoms with Gasteiger partial charge < -0.3 is 10.1 Å². The molecule has 0 saturated heterocycles. The molecule has 0 atom stereocenters. The van der Waals surface area contributed by atoms with Crippen LogP contribution in [0.25, 0.3) is 0 Å². The predicted octanol–water partition coefficient (Wildman–Crippen LogP) is 4.96. The molecule has 170 valence electrons. The predicted molar refractivity (Wildman–Crippen MR) is 129 cm³/mol. The summed E-state index contributed by atoms with van der Waals surface area (Å²) < 4.78 is 33.4. The summed E-state index contributed by atoms with van der Waals surface area (Å²) in [7, 11) is -3.97. The standard InChI is InChI=1S/C26H20N2O5S/c29-25(27-21-9-3-1-4-10-21)20-8-7-13-24(18-20)34(31,32)28-22-16-14-19(15-17-22)26(30)33-23-11-5-2-6-12-23/h1-18,28H,(H,27,29). The number of para-hydroxylation sites is 2. The first-order valence-electron chi connectivity index (χ1n) is 10.3. The van der Waals surface area contributed by atoms with Crippen molar-refractivity contribution in [1.29, 1.82) is 0 Å². The summed E-state index contributed by atoms with van der Waals surface area (Å²) in [6.45, 7) is 0. The number of nitrogens with one attached hydrogen (secondary N) is 2. The van der Waals surface area contributed by atoms with Crippen LogP contribution in [0.2, 0.25) is 0 Å². The first kappa shape index (κ1) is 22.8. The second-order valence-corrected chi connectivity index (χ2v) is 8.92. The van der Waals surface area contributed by atoms with Crippen LogP contribution in [0.15, 0.2) is 114 Å². The summed E-state index contributed by atoms with van der Waals surface area (Å²) in [5.41, 5.74) is 1.33. The Morgan fingerprint density at radius 1 is 0.647 bits per heavy atom. The van der Waals surface area contributed by atoms with Crippen LogP contribution in [0, 0.1) is 0 Å². The highest BCUT2D eigenvalue weighted by atomic mass is 32.2. The fourth-order valence-corrected chi connectivity index (χ4v) is 4.18. The van der Waals surface area contributed by atoms with Crippen LogP contribution in [0.4, 0.5) is 11.4 Å². The lowest BCUT2D eigenvalue weighted by atomic mass is 10.2. The van der Waals surface area contributed by atoms with Crippen LogP contribution < -0.4 is 14.8 Å². The highest BCUT2D eigenvalue weighted by molar-refractivity contribution is 7.92. The van der Waals surface area contributed by atoms with E-state index < -0.39 is 21.9 Å². The van der Waals surface area contributed by atoms with Gasteiger partial charge in [-0.25, -0.2) is 13.2 Å². The molecular formula is C26H20N2O5S. The van der Waals surface area contributed by atoms with Gasteiger partial charge in [0.05, 0.1) is 10.5 Å². The van der Waals surface area contributed by atoms with Gasteiger partial charge in [0.25, 0.3) is 15.9 Å². The van der Waals surface area contributed by atoms with Crippen molar-refractivity contribution < 1.29 is 22.7 Å². The lowest BCUT2D eigenvalue weighted by Gasteiger charge is -2.10. The average molecular weight is 473 g/mol. The smallest absolute Gasteiger partial charge is 0.343 e. The minimum absolute atomic E-state index is 0.0687. The number of benzene rings is 4. The molecule has 0 unspecified atom stereocenters.